The third-order valence-corrected chi connectivity index (χ3v) is 3.09. The second-order valence-electron chi connectivity index (χ2n) is 2.91. The van der Waals surface area contributed by atoms with Gasteiger partial charge in [0.2, 0.25) is 5.91 Å². The molecule has 3 nitrogen and oxygen atoms in total. The fraction of sp³-hybridized carbons (Fsp3) is 0.857. The van der Waals surface area contributed by atoms with Crippen molar-refractivity contribution in [2.45, 2.75) is 18.9 Å². The lowest BCUT2D eigenvalue weighted by Gasteiger charge is -2.14. The molecule has 4 heteroatoms. The SMILES string of the molecule is CCOCN1CCC([SiH3])C1=O. The van der Waals surface area contributed by atoms with Crippen molar-refractivity contribution in [3.05, 3.63) is 0 Å². The highest BCUT2D eigenvalue weighted by Crippen LogP contribution is 2.19. The van der Waals surface area contributed by atoms with E-state index in [1.807, 2.05) is 6.92 Å². The molecule has 1 aliphatic rings. The largest absolute Gasteiger partial charge is 0.361 e. The highest BCUT2D eigenvalue weighted by Gasteiger charge is 2.27. The zero-order valence-corrected chi connectivity index (χ0v) is 9.17. The first-order chi connectivity index (χ1) is 5.25. The van der Waals surface area contributed by atoms with E-state index in [4.69, 9.17) is 4.74 Å². The number of carbonyl (C=O) groups is 1. The van der Waals surface area contributed by atoms with E-state index in [9.17, 15) is 4.79 Å². The smallest absolute Gasteiger partial charge is 0.223 e. The number of amides is 1. The third-order valence-electron chi connectivity index (χ3n) is 2.02. The highest BCUT2D eigenvalue weighted by atomic mass is 28.1. The number of hydrogen-bond acceptors (Lipinski definition) is 2. The minimum Gasteiger partial charge on any atom is -0.361 e. The molecule has 0 aromatic rings. The summed E-state index contributed by atoms with van der Waals surface area (Å²) in [5.74, 6) is 0.296. The van der Waals surface area contributed by atoms with Gasteiger partial charge in [-0.2, -0.15) is 0 Å². The summed E-state index contributed by atoms with van der Waals surface area (Å²) in [7, 11) is 0.987. The molecule has 1 heterocycles. The summed E-state index contributed by atoms with van der Waals surface area (Å²) in [6, 6.07) is 0. The van der Waals surface area contributed by atoms with Crippen molar-refractivity contribution in [3.63, 3.8) is 0 Å². The van der Waals surface area contributed by atoms with Crippen molar-refractivity contribution in [2.75, 3.05) is 19.9 Å². The fourth-order valence-electron chi connectivity index (χ4n) is 1.22. The monoisotopic (exact) mass is 173 g/mol. The van der Waals surface area contributed by atoms with Crippen LogP contribution in [0.25, 0.3) is 0 Å². The van der Waals surface area contributed by atoms with Crippen LogP contribution in [0.2, 0.25) is 5.54 Å². The predicted octanol–water partition coefficient (Wildman–Crippen LogP) is -0.633. The number of rotatable bonds is 3. The van der Waals surface area contributed by atoms with E-state index < -0.39 is 0 Å². The molecule has 64 valence electrons. The van der Waals surface area contributed by atoms with Crippen LogP contribution < -0.4 is 0 Å². The lowest BCUT2D eigenvalue weighted by atomic mass is 10.4. The van der Waals surface area contributed by atoms with Gasteiger partial charge in [0.05, 0.1) is 0 Å². The van der Waals surface area contributed by atoms with E-state index in [-0.39, 0.29) is 0 Å². The average Bonchev–Trinajstić information content (AvgIpc) is 2.31. The third kappa shape index (κ3) is 2.04. The first-order valence-electron chi connectivity index (χ1n) is 4.12. The molecule has 0 bridgehead atoms. The van der Waals surface area contributed by atoms with E-state index in [0.717, 1.165) is 23.2 Å². The van der Waals surface area contributed by atoms with Gasteiger partial charge >= 0.3 is 0 Å². The summed E-state index contributed by atoms with van der Waals surface area (Å²) in [4.78, 5) is 13.1. The van der Waals surface area contributed by atoms with Crippen LogP contribution in [0, 0.1) is 0 Å². The summed E-state index contributed by atoms with van der Waals surface area (Å²) in [6.45, 7) is 4.02. The number of likely N-dealkylation sites (tertiary alicyclic amines) is 1. The molecule has 1 saturated heterocycles. The number of hydrogen-bond donors (Lipinski definition) is 0. The van der Waals surface area contributed by atoms with Crippen molar-refractivity contribution < 1.29 is 9.53 Å². The van der Waals surface area contributed by atoms with Gasteiger partial charge in [-0.25, -0.2) is 0 Å². The number of ether oxygens (including phenoxy) is 1. The summed E-state index contributed by atoms with van der Waals surface area (Å²) in [5.41, 5.74) is 0.343. The molecule has 11 heavy (non-hydrogen) atoms. The van der Waals surface area contributed by atoms with Crippen LogP contribution >= 0.6 is 0 Å². The van der Waals surface area contributed by atoms with Crippen molar-refractivity contribution in [3.8, 4) is 0 Å². The van der Waals surface area contributed by atoms with Gasteiger partial charge in [-0.1, -0.05) is 0 Å². The molecule has 1 rings (SSSR count). The Hall–Kier alpha value is -0.353. The first-order valence-corrected chi connectivity index (χ1v) is 5.27. The molecule has 0 saturated carbocycles. The summed E-state index contributed by atoms with van der Waals surface area (Å²) in [6.07, 6.45) is 1.04. The molecule has 0 aromatic heterocycles. The van der Waals surface area contributed by atoms with Crippen LogP contribution in [0.5, 0.6) is 0 Å². The van der Waals surface area contributed by atoms with Crippen LogP contribution in [-0.4, -0.2) is 40.9 Å². The van der Waals surface area contributed by atoms with E-state index in [1.165, 1.54) is 0 Å². The molecule has 0 spiro atoms. The molecule has 0 aromatic carbocycles. The standard InChI is InChI=1S/C7H15NO2Si/c1-2-10-5-8-4-3-6(11)7(8)9/h6H,2-5H2,1,11H3. The Morgan fingerprint density at radius 1 is 1.82 bits per heavy atom. The zero-order valence-electron chi connectivity index (χ0n) is 7.17. The topological polar surface area (TPSA) is 29.5 Å². The molecule has 1 unspecified atom stereocenters. The van der Waals surface area contributed by atoms with Crippen LogP contribution in [-0.2, 0) is 9.53 Å². The van der Waals surface area contributed by atoms with E-state index in [1.54, 1.807) is 4.90 Å². The second-order valence-corrected chi connectivity index (χ2v) is 4.31. The average molecular weight is 173 g/mol. The molecular formula is C7H15NO2Si. The lowest BCUT2D eigenvalue weighted by molar-refractivity contribution is -0.132. The van der Waals surface area contributed by atoms with Crippen molar-refractivity contribution in [2.24, 2.45) is 0 Å². The van der Waals surface area contributed by atoms with Crippen molar-refractivity contribution >= 4 is 16.1 Å². The zero-order chi connectivity index (χ0) is 8.27. The molecule has 0 radical (unpaired) electrons. The van der Waals surface area contributed by atoms with Crippen LogP contribution in [0.4, 0.5) is 0 Å². The summed E-state index contributed by atoms with van der Waals surface area (Å²) in [5, 5.41) is 0. The summed E-state index contributed by atoms with van der Waals surface area (Å²) >= 11 is 0. The van der Waals surface area contributed by atoms with Crippen molar-refractivity contribution in [1.29, 1.82) is 0 Å². The second kappa shape index (κ2) is 3.87. The Balaban J connectivity index is 2.30. The molecule has 0 aliphatic carbocycles. The molecule has 0 N–H and O–H groups in total. The fourth-order valence-corrected chi connectivity index (χ4v) is 1.85. The molecule has 1 amide bonds. The minimum absolute atomic E-state index is 0.296. The lowest BCUT2D eigenvalue weighted by Crippen LogP contribution is -2.28. The van der Waals surface area contributed by atoms with Crippen LogP contribution in [0.15, 0.2) is 0 Å². The predicted molar refractivity (Wildman–Crippen MR) is 46.5 cm³/mol. The van der Waals surface area contributed by atoms with Crippen molar-refractivity contribution in [1.82, 2.24) is 4.90 Å². The maximum atomic E-state index is 11.3. The Bertz CT molecular complexity index is 151. The maximum absolute atomic E-state index is 11.3. The van der Waals surface area contributed by atoms with Gasteiger partial charge in [-0.3, -0.25) is 4.79 Å². The number of carbonyl (C=O) groups excluding carboxylic acids is 1. The van der Waals surface area contributed by atoms with Gasteiger partial charge in [-0.05, 0) is 13.3 Å². The quantitative estimate of drug-likeness (QED) is 0.532. The van der Waals surface area contributed by atoms with Crippen LogP contribution in [0.1, 0.15) is 13.3 Å². The van der Waals surface area contributed by atoms with Gasteiger partial charge in [0.15, 0.2) is 0 Å². The molecule has 1 fully saturated rings. The van der Waals surface area contributed by atoms with Crippen LogP contribution in [0.3, 0.4) is 0 Å². The Morgan fingerprint density at radius 2 is 2.55 bits per heavy atom. The van der Waals surface area contributed by atoms with Gasteiger partial charge in [0.1, 0.15) is 6.73 Å². The Labute approximate surface area is 70.1 Å². The number of nitrogens with zero attached hydrogens (tertiary/aromatic N) is 1. The van der Waals surface area contributed by atoms with E-state index in [0.29, 0.717) is 24.8 Å². The van der Waals surface area contributed by atoms with E-state index >= 15 is 0 Å². The Morgan fingerprint density at radius 3 is 3.00 bits per heavy atom. The molecule has 1 atom stereocenters. The molecular weight excluding hydrogens is 158 g/mol. The normalized spacial score (nSPS) is 25.0. The van der Waals surface area contributed by atoms with Gasteiger partial charge in [0, 0.05) is 28.9 Å². The summed E-state index contributed by atoms with van der Waals surface area (Å²) < 4.78 is 5.16. The van der Waals surface area contributed by atoms with Gasteiger partial charge in [-0.15, -0.1) is 0 Å². The van der Waals surface area contributed by atoms with E-state index in [2.05, 4.69) is 0 Å². The van der Waals surface area contributed by atoms with Gasteiger partial charge in [0.25, 0.3) is 0 Å². The highest BCUT2D eigenvalue weighted by molar-refractivity contribution is 6.24. The molecule has 1 aliphatic heterocycles. The first kappa shape index (κ1) is 8.74. The maximum Gasteiger partial charge on any atom is 0.223 e. The Kier molecular flexibility index (Phi) is 3.08. The van der Waals surface area contributed by atoms with Gasteiger partial charge < -0.3 is 9.64 Å². The minimum atomic E-state index is 0.296.